The number of likely N-dealkylation sites (N-methyl/N-ethyl adjacent to an activating group) is 1. The molecule has 2 heterocycles. The maximum absolute atomic E-state index is 12.7. The van der Waals surface area contributed by atoms with Crippen LogP contribution >= 0.6 is 0 Å². The van der Waals surface area contributed by atoms with Crippen LogP contribution in [0.1, 0.15) is 18.4 Å². The predicted molar refractivity (Wildman–Crippen MR) is 94.4 cm³/mol. The lowest BCUT2D eigenvalue weighted by atomic mass is 9.99. The number of nitrogens with zero attached hydrogens (tertiary/aromatic N) is 2. The molecule has 1 aromatic rings. The number of hydrogen-bond donors (Lipinski definition) is 1. The number of rotatable bonds is 5. The fraction of sp³-hybridized carbons (Fsp3) is 0.632. The molecule has 2 aliphatic heterocycles. The molecule has 25 heavy (non-hydrogen) atoms. The van der Waals surface area contributed by atoms with Gasteiger partial charge in [-0.05, 0) is 37.6 Å². The van der Waals surface area contributed by atoms with Gasteiger partial charge in [0, 0.05) is 38.8 Å². The van der Waals surface area contributed by atoms with E-state index in [-0.39, 0.29) is 17.9 Å². The molecule has 3 rings (SSSR count). The number of amides is 1. The van der Waals surface area contributed by atoms with Crippen LogP contribution in [-0.4, -0.2) is 73.4 Å². The molecule has 0 radical (unpaired) electrons. The van der Waals surface area contributed by atoms with Crippen LogP contribution in [0.5, 0.6) is 5.75 Å². The second kappa shape index (κ2) is 8.17. The minimum absolute atomic E-state index is 0.0362. The highest BCUT2D eigenvalue weighted by atomic mass is 16.5. The number of aliphatic hydroxyl groups is 1. The van der Waals surface area contributed by atoms with E-state index in [1.807, 2.05) is 36.2 Å². The number of aliphatic hydroxyl groups excluding tert-OH is 1. The van der Waals surface area contributed by atoms with E-state index in [9.17, 15) is 9.90 Å². The van der Waals surface area contributed by atoms with Gasteiger partial charge in [-0.2, -0.15) is 0 Å². The third-order valence-electron chi connectivity index (χ3n) is 5.30. The van der Waals surface area contributed by atoms with Gasteiger partial charge < -0.3 is 19.5 Å². The van der Waals surface area contributed by atoms with Gasteiger partial charge in [-0.1, -0.05) is 12.1 Å². The topological polar surface area (TPSA) is 62.2 Å². The van der Waals surface area contributed by atoms with Crippen molar-refractivity contribution in [2.75, 3.05) is 40.5 Å². The molecular weight excluding hydrogens is 320 g/mol. The molecule has 2 fully saturated rings. The van der Waals surface area contributed by atoms with Crippen molar-refractivity contribution in [2.45, 2.75) is 31.5 Å². The Morgan fingerprint density at radius 2 is 1.96 bits per heavy atom. The van der Waals surface area contributed by atoms with E-state index in [0.717, 1.165) is 30.7 Å². The monoisotopic (exact) mass is 348 g/mol. The average Bonchev–Trinajstić information content (AvgIpc) is 3.04. The molecular formula is C19H28N2O4. The van der Waals surface area contributed by atoms with Gasteiger partial charge in [0.05, 0.1) is 19.3 Å². The lowest BCUT2D eigenvalue weighted by Gasteiger charge is -2.28. The van der Waals surface area contributed by atoms with Gasteiger partial charge in [-0.25, -0.2) is 0 Å². The van der Waals surface area contributed by atoms with Gasteiger partial charge in [0.2, 0.25) is 5.91 Å². The number of methoxy groups -OCH3 is 1. The summed E-state index contributed by atoms with van der Waals surface area (Å²) in [5.74, 6) is 1.05. The first-order valence-corrected chi connectivity index (χ1v) is 8.96. The van der Waals surface area contributed by atoms with E-state index >= 15 is 0 Å². The third kappa shape index (κ3) is 4.32. The summed E-state index contributed by atoms with van der Waals surface area (Å²) in [6, 6.07) is 7.90. The molecule has 0 aliphatic carbocycles. The van der Waals surface area contributed by atoms with Gasteiger partial charge in [-0.3, -0.25) is 9.69 Å². The Morgan fingerprint density at radius 1 is 1.28 bits per heavy atom. The molecule has 1 aromatic carbocycles. The molecule has 0 saturated carbocycles. The molecule has 0 bridgehead atoms. The summed E-state index contributed by atoms with van der Waals surface area (Å²) in [5, 5.41) is 10.5. The number of hydrogen-bond acceptors (Lipinski definition) is 5. The summed E-state index contributed by atoms with van der Waals surface area (Å²) >= 11 is 0. The summed E-state index contributed by atoms with van der Waals surface area (Å²) in [6.45, 7) is 3.06. The molecule has 2 saturated heterocycles. The average molecular weight is 348 g/mol. The van der Waals surface area contributed by atoms with Crippen molar-refractivity contribution in [1.82, 2.24) is 9.80 Å². The number of carbonyl (C=O) groups is 1. The summed E-state index contributed by atoms with van der Waals surface area (Å²) < 4.78 is 10.5. The Bertz CT molecular complexity index is 571. The van der Waals surface area contributed by atoms with Gasteiger partial charge >= 0.3 is 0 Å². The largest absolute Gasteiger partial charge is 0.497 e. The van der Waals surface area contributed by atoms with Crippen molar-refractivity contribution < 1.29 is 19.4 Å². The normalized spacial score (nSPS) is 24.7. The fourth-order valence-electron chi connectivity index (χ4n) is 3.72. The van der Waals surface area contributed by atoms with Crippen molar-refractivity contribution in [3.05, 3.63) is 29.8 Å². The summed E-state index contributed by atoms with van der Waals surface area (Å²) in [7, 11) is 3.65. The summed E-state index contributed by atoms with van der Waals surface area (Å²) in [4.78, 5) is 16.6. The van der Waals surface area contributed by atoms with Gasteiger partial charge in [-0.15, -0.1) is 0 Å². The zero-order valence-corrected chi connectivity index (χ0v) is 15.1. The highest BCUT2D eigenvalue weighted by molar-refractivity contribution is 5.79. The fourth-order valence-corrected chi connectivity index (χ4v) is 3.72. The number of benzene rings is 1. The Kier molecular flexibility index (Phi) is 5.93. The highest BCUT2D eigenvalue weighted by Gasteiger charge is 2.38. The molecule has 1 amide bonds. The van der Waals surface area contributed by atoms with Crippen molar-refractivity contribution >= 4 is 5.91 Å². The minimum atomic E-state index is -0.507. The first-order valence-electron chi connectivity index (χ1n) is 8.96. The van der Waals surface area contributed by atoms with Crippen molar-refractivity contribution in [2.24, 2.45) is 5.92 Å². The van der Waals surface area contributed by atoms with Crippen molar-refractivity contribution in [3.8, 4) is 5.75 Å². The first-order chi connectivity index (χ1) is 12.1. The molecule has 0 unspecified atom stereocenters. The van der Waals surface area contributed by atoms with Crippen LogP contribution in [-0.2, 0) is 16.1 Å². The molecule has 0 aromatic heterocycles. The van der Waals surface area contributed by atoms with E-state index in [0.29, 0.717) is 26.3 Å². The van der Waals surface area contributed by atoms with Crippen LogP contribution < -0.4 is 4.74 Å². The number of ether oxygens (including phenoxy) is 2. The lowest BCUT2D eigenvalue weighted by Crippen LogP contribution is -2.41. The number of carbonyl (C=O) groups excluding carboxylic acids is 1. The highest BCUT2D eigenvalue weighted by Crippen LogP contribution is 2.23. The second-order valence-corrected chi connectivity index (χ2v) is 7.03. The Morgan fingerprint density at radius 3 is 2.60 bits per heavy atom. The molecule has 138 valence electrons. The molecule has 6 heteroatoms. The van der Waals surface area contributed by atoms with E-state index in [2.05, 4.69) is 4.90 Å². The van der Waals surface area contributed by atoms with Crippen LogP contribution in [0.4, 0.5) is 0 Å². The van der Waals surface area contributed by atoms with E-state index < -0.39 is 6.10 Å². The number of β-amino-alcohol motifs (C(OH)–C–C–N with tert-alkyl or cyclic N) is 1. The maximum Gasteiger partial charge on any atom is 0.226 e. The summed E-state index contributed by atoms with van der Waals surface area (Å²) in [5.41, 5.74) is 1.16. The maximum atomic E-state index is 12.7. The van der Waals surface area contributed by atoms with Crippen LogP contribution in [0.2, 0.25) is 0 Å². The Hall–Kier alpha value is -1.63. The zero-order chi connectivity index (χ0) is 17.8. The molecule has 2 atom stereocenters. The molecule has 2 aliphatic rings. The van der Waals surface area contributed by atoms with Crippen LogP contribution in [0.25, 0.3) is 0 Å². The summed E-state index contributed by atoms with van der Waals surface area (Å²) in [6.07, 6.45) is 1.07. The minimum Gasteiger partial charge on any atom is -0.497 e. The van der Waals surface area contributed by atoms with E-state index in [1.54, 1.807) is 7.11 Å². The molecule has 0 spiro atoms. The lowest BCUT2D eigenvalue weighted by molar-refractivity contribution is -0.137. The van der Waals surface area contributed by atoms with E-state index in [1.165, 1.54) is 0 Å². The van der Waals surface area contributed by atoms with Crippen molar-refractivity contribution in [1.29, 1.82) is 0 Å². The van der Waals surface area contributed by atoms with Gasteiger partial charge in [0.1, 0.15) is 5.75 Å². The van der Waals surface area contributed by atoms with Crippen LogP contribution in [0.15, 0.2) is 24.3 Å². The Labute approximate surface area is 149 Å². The second-order valence-electron chi connectivity index (χ2n) is 7.03. The smallest absolute Gasteiger partial charge is 0.226 e. The quantitative estimate of drug-likeness (QED) is 0.864. The van der Waals surface area contributed by atoms with Crippen LogP contribution in [0, 0.1) is 5.92 Å². The SMILES string of the molecule is COc1ccc(CN(C)[C@@H]2CN(C(=O)C3CCOCC3)C[C@H]2O)cc1. The van der Waals surface area contributed by atoms with Gasteiger partial charge in [0.15, 0.2) is 0 Å². The standard InChI is InChI=1S/C19H28N2O4/c1-20(11-14-3-5-16(24-2)6-4-14)17-12-21(13-18(17)22)19(23)15-7-9-25-10-8-15/h3-6,15,17-18,22H,7-13H2,1-2H3/t17-,18-/m1/s1. The molecule has 6 nitrogen and oxygen atoms in total. The predicted octanol–water partition coefficient (Wildman–Crippen LogP) is 1.13. The third-order valence-corrected chi connectivity index (χ3v) is 5.30. The van der Waals surface area contributed by atoms with Gasteiger partial charge in [0.25, 0.3) is 0 Å². The van der Waals surface area contributed by atoms with Crippen molar-refractivity contribution in [3.63, 3.8) is 0 Å². The molecule has 1 N–H and O–H groups in total. The first kappa shape index (κ1) is 18.2. The number of likely N-dealkylation sites (tertiary alicyclic amines) is 1. The Balaban J connectivity index is 1.57. The zero-order valence-electron chi connectivity index (χ0n) is 15.1. The van der Waals surface area contributed by atoms with Crippen LogP contribution in [0.3, 0.4) is 0 Å². The van der Waals surface area contributed by atoms with E-state index in [4.69, 9.17) is 9.47 Å².